The monoisotopic (exact) mass is 311 g/mol. The van der Waals surface area contributed by atoms with E-state index in [0.29, 0.717) is 17.5 Å². The lowest BCUT2D eigenvalue weighted by Crippen LogP contribution is -2.41. The van der Waals surface area contributed by atoms with Crippen molar-refractivity contribution in [1.29, 1.82) is 0 Å². The van der Waals surface area contributed by atoms with Crippen LogP contribution in [-0.2, 0) is 10.0 Å². The molecule has 1 aliphatic carbocycles. The Morgan fingerprint density at radius 2 is 1.81 bits per heavy atom. The number of sulfonamides is 1. The molecule has 0 saturated heterocycles. The summed E-state index contributed by atoms with van der Waals surface area (Å²) in [5, 5.41) is 0. The number of benzene rings is 1. The van der Waals surface area contributed by atoms with Gasteiger partial charge in [0.05, 0.1) is 4.90 Å². The van der Waals surface area contributed by atoms with Gasteiger partial charge in [-0.15, -0.1) is 0 Å². The van der Waals surface area contributed by atoms with Crippen molar-refractivity contribution in [2.45, 2.75) is 36.6 Å². The summed E-state index contributed by atoms with van der Waals surface area (Å²) in [6, 6.07) is 7.78. The molecule has 0 spiro atoms. The lowest BCUT2D eigenvalue weighted by atomic mass is 9.91. The van der Waals surface area contributed by atoms with Crippen LogP contribution < -0.4 is 10.6 Å². The normalized spacial score (nSPS) is 16.0. The van der Waals surface area contributed by atoms with Crippen LogP contribution in [-0.4, -0.2) is 45.9 Å². The highest BCUT2D eigenvalue weighted by Gasteiger charge is 2.25. The molecular formula is C15H25N3O2S. The number of anilines is 1. The summed E-state index contributed by atoms with van der Waals surface area (Å²) in [7, 11) is -0.260. The smallest absolute Gasteiger partial charge is 0.242 e. The van der Waals surface area contributed by atoms with Crippen LogP contribution in [0.5, 0.6) is 0 Å². The number of hydrogen-bond donors (Lipinski definition) is 1. The molecule has 118 valence electrons. The maximum atomic E-state index is 12.1. The zero-order valence-corrected chi connectivity index (χ0v) is 13.6. The fourth-order valence-corrected chi connectivity index (χ4v) is 3.40. The third-order valence-electron chi connectivity index (χ3n) is 4.07. The topological polar surface area (TPSA) is 66.6 Å². The first kappa shape index (κ1) is 16.3. The molecule has 0 bridgehead atoms. The minimum Gasteiger partial charge on any atom is -0.369 e. The summed E-state index contributed by atoms with van der Waals surface area (Å²) in [5.41, 5.74) is 6.71. The molecule has 0 atom stereocenters. The molecule has 2 N–H and O–H groups in total. The second-order valence-corrected chi connectivity index (χ2v) is 7.85. The first-order chi connectivity index (χ1) is 9.96. The van der Waals surface area contributed by atoms with Crippen LogP contribution in [0.2, 0.25) is 0 Å². The van der Waals surface area contributed by atoms with Crippen LogP contribution in [0.4, 0.5) is 5.69 Å². The fourth-order valence-electron chi connectivity index (χ4n) is 2.50. The quantitative estimate of drug-likeness (QED) is 0.831. The molecule has 21 heavy (non-hydrogen) atoms. The van der Waals surface area contributed by atoms with E-state index in [1.54, 1.807) is 26.2 Å². The average Bonchev–Trinajstić information content (AvgIpc) is 2.41. The van der Waals surface area contributed by atoms with E-state index < -0.39 is 10.0 Å². The molecule has 1 aromatic rings. The Morgan fingerprint density at radius 3 is 2.24 bits per heavy atom. The van der Waals surface area contributed by atoms with E-state index in [1.165, 1.54) is 23.6 Å². The van der Waals surface area contributed by atoms with Gasteiger partial charge in [0.2, 0.25) is 10.0 Å². The van der Waals surface area contributed by atoms with Gasteiger partial charge >= 0.3 is 0 Å². The zero-order valence-electron chi connectivity index (χ0n) is 12.8. The Balaban J connectivity index is 2.19. The first-order valence-corrected chi connectivity index (χ1v) is 8.90. The maximum Gasteiger partial charge on any atom is 0.242 e. The molecule has 2 rings (SSSR count). The van der Waals surface area contributed by atoms with Crippen LogP contribution in [0.15, 0.2) is 29.2 Å². The Bertz CT molecular complexity index is 551. The van der Waals surface area contributed by atoms with E-state index in [-0.39, 0.29) is 0 Å². The van der Waals surface area contributed by atoms with Crippen molar-refractivity contribution >= 4 is 15.7 Å². The summed E-state index contributed by atoms with van der Waals surface area (Å²) in [6.45, 7) is 1.61. The number of hydrogen-bond acceptors (Lipinski definition) is 4. The highest BCUT2D eigenvalue weighted by molar-refractivity contribution is 7.89. The van der Waals surface area contributed by atoms with E-state index in [0.717, 1.165) is 18.7 Å². The highest BCUT2D eigenvalue weighted by Crippen LogP contribution is 2.30. The molecule has 1 saturated carbocycles. The lowest BCUT2D eigenvalue weighted by Gasteiger charge is -2.39. The Kier molecular flexibility index (Phi) is 5.24. The summed E-state index contributed by atoms with van der Waals surface area (Å²) >= 11 is 0. The van der Waals surface area contributed by atoms with Crippen molar-refractivity contribution in [3.05, 3.63) is 24.3 Å². The minimum atomic E-state index is -3.35. The number of nitrogens with zero attached hydrogens (tertiary/aromatic N) is 2. The molecule has 0 heterocycles. The fraction of sp³-hybridized carbons (Fsp3) is 0.600. The van der Waals surface area contributed by atoms with Gasteiger partial charge in [-0.25, -0.2) is 12.7 Å². The second-order valence-electron chi connectivity index (χ2n) is 5.70. The zero-order chi connectivity index (χ0) is 15.5. The summed E-state index contributed by atoms with van der Waals surface area (Å²) < 4.78 is 25.4. The lowest BCUT2D eigenvalue weighted by molar-refractivity contribution is 0.385. The number of nitrogens with two attached hydrogens (primary N) is 1. The molecule has 0 unspecified atom stereocenters. The molecule has 0 amide bonds. The predicted octanol–water partition coefficient (Wildman–Crippen LogP) is 1.64. The van der Waals surface area contributed by atoms with Crippen molar-refractivity contribution in [2.24, 2.45) is 5.73 Å². The Morgan fingerprint density at radius 1 is 1.19 bits per heavy atom. The van der Waals surface area contributed by atoms with Crippen LogP contribution in [0.1, 0.15) is 25.7 Å². The van der Waals surface area contributed by atoms with Gasteiger partial charge < -0.3 is 10.6 Å². The number of rotatable bonds is 7. The third kappa shape index (κ3) is 3.56. The Hall–Kier alpha value is -1.11. The predicted molar refractivity (Wildman–Crippen MR) is 86.0 cm³/mol. The molecular weight excluding hydrogens is 286 g/mol. The molecule has 1 fully saturated rings. The summed E-state index contributed by atoms with van der Waals surface area (Å²) in [6.07, 6.45) is 4.65. The highest BCUT2D eigenvalue weighted by atomic mass is 32.2. The van der Waals surface area contributed by atoms with E-state index in [2.05, 4.69) is 4.90 Å². The molecule has 5 nitrogen and oxygen atoms in total. The van der Waals surface area contributed by atoms with Gasteiger partial charge in [0.1, 0.15) is 0 Å². The van der Waals surface area contributed by atoms with Gasteiger partial charge in [-0.1, -0.05) is 0 Å². The van der Waals surface area contributed by atoms with Crippen molar-refractivity contribution in [1.82, 2.24) is 4.31 Å². The molecule has 0 radical (unpaired) electrons. The molecule has 0 aromatic heterocycles. The van der Waals surface area contributed by atoms with Crippen LogP contribution >= 0.6 is 0 Å². The molecule has 0 aliphatic heterocycles. The average molecular weight is 311 g/mol. The first-order valence-electron chi connectivity index (χ1n) is 7.46. The van der Waals surface area contributed by atoms with E-state index in [9.17, 15) is 8.42 Å². The third-order valence-corrected chi connectivity index (χ3v) is 5.89. The van der Waals surface area contributed by atoms with Crippen molar-refractivity contribution in [3.8, 4) is 0 Å². The summed E-state index contributed by atoms with van der Waals surface area (Å²) in [4.78, 5) is 2.70. The van der Waals surface area contributed by atoms with Gasteiger partial charge in [0, 0.05) is 32.4 Å². The van der Waals surface area contributed by atoms with Gasteiger partial charge in [-0.2, -0.15) is 0 Å². The van der Waals surface area contributed by atoms with Crippen molar-refractivity contribution in [2.75, 3.05) is 32.1 Å². The standard InChI is InChI=1S/C15H25N3O2S/c1-17(2)21(19,20)15-9-7-14(8-10-15)18(12-4-11-16)13-5-3-6-13/h7-10,13H,3-6,11-12,16H2,1-2H3. The SMILES string of the molecule is CN(C)S(=O)(=O)c1ccc(N(CCCN)C2CCC2)cc1. The van der Waals surface area contributed by atoms with Crippen molar-refractivity contribution < 1.29 is 8.42 Å². The largest absolute Gasteiger partial charge is 0.369 e. The minimum absolute atomic E-state index is 0.337. The molecule has 1 aromatic carbocycles. The van der Waals surface area contributed by atoms with Crippen LogP contribution in [0.25, 0.3) is 0 Å². The van der Waals surface area contributed by atoms with Gasteiger partial charge in [0.15, 0.2) is 0 Å². The molecule has 1 aliphatic rings. The van der Waals surface area contributed by atoms with Crippen LogP contribution in [0.3, 0.4) is 0 Å². The van der Waals surface area contributed by atoms with E-state index in [4.69, 9.17) is 5.73 Å². The Labute approximate surface area is 127 Å². The van der Waals surface area contributed by atoms with Gasteiger partial charge in [0.25, 0.3) is 0 Å². The maximum absolute atomic E-state index is 12.1. The van der Waals surface area contributed by atoms with Gasteiger partial charge in [-0.3, -0.25) is 0 Å². The van der Waals surface area contributed by atoms with Crippen molar-refractivity contribution in [3.63, 3.8) is 0 Å². The summed E-state index contributed by atoms with van der Waals surface area (Å²) in [5.74, 6) is 0. The van der Waals surface area contributed by atoms with Gasteiger partial charge in [-0.05, 0) is 56.5 Å². The van der Waals surface area contributed by atoms with E-state index in [1.807, 2.05) is 12.1 Å². The molecule has 6 heteroatoms. The van der Waals surface area contributed by atoms with Crippen LogP contribution in [0, 0.1) is 0 Å². The van der Waals surface area contributed by atoms with E-state index >= 15 is 0 Å². The second kappa shape index (κ2) is 6.77.